The van der Waals surface area contributed by atoms with Gasteiger partial charge in [-0.25, -0.2) is 0 Å². The molecule has 1 saturated heterocycles. The van der Waals surface area contributed by atoms with Gasteiger partial charge in [0, 0.05) is 37.4 Å². The smallest absolute Gasteiger partial charge is 0.222 e. The molecule has 0 aliphatic carbocycles. The van der Waals surface area contributed by atoms with Crippen molar-refractivity contribution in [1.82, 2.24) is 5.32 Å². The van der Waals surface area contributed by atoms with Gasteiger partial charge in [-0.1, -0.05) is 0 Å². The van der Waals surface area contributed by atoms with Crippen molar-refractivity contribution in [2.75, 3.05) is 30.8 Å². The van der Waals surface area contributed by atoms with Crippen LogP contribution in [0.1, 0.15) is 18.4 Å². The second kappa shape index (κ2) is 5.29. The fourth-order valence-corrected chi connectivity index (χ4v) is 2.62. The molecule has 0 bridgehead atoms. The summed E-state index contributed by atoms with van der Waals surface area (Å²) in [5, 5.41) is 2.73. The summed E-state index contributed by atoms with van der Waals surface area (Å²) in [5.74, 6) is 0.337. The van der Waals surface area contributed by atoms with Crippen LogP contribution in [0.25, 0.3) is 0 Å². The summed E-state index contributed by atoms with van der Waals surface area (Å²) in [6.45, 7) is 3.95. The maximum Gasteiger partial charge on any atom is 0.222 e. The zero-order valence-corrected chi connectivity index (χ0v) is 11.1. The Labute approximate surface area is 108 Å². The highest BCUT2D eigenvalue weighted by Crippen LogP contribution is 2.27. The first-order valence-corrected chi connectivity index (χ1v) is 6.44. The Morgan fingerprint density at radius 2 is 2.06 bits per heavy atom. The average Bonchev–Trinajstić information content (AvgIpc) is 2.38. The van der Waals surface area contributed by atoms with Crippen molar-refractivity contribution in [2.45, 2.75) is 19.8 Å². The molecule has 4 nitrogen and oxygen atoms in total. The van der Waals surface area contributed by atoms with E-state index in [1.54, 1.807) is 7.05 Å². The van der Waals surface area contributed by atoms with Crippen LogP contribution in [0, 0.1) is 12.8 Å². The molecule has 0 atom stereocenters. The van der Waals surface area contributed by atoms with Crippen LogP contribution >= 0.6 is 0 Å². The molecule has 1 fully saturated rings. The lowest BCUT2D eigenvalue weighted by molar-refractivity contribution is -0.125. The highest BCUT2D eigenvalue weighted by atomic mass is 16.1. The highest BCUT2D eigenvalue weighted by Gasteiger charge is 2.24. The van der Waals surface area contributed by atoms with Gasteiger partial charge < -0.3 is 16.0 Å². The molecule has 1 amide bonds. The number of carbonyl (C=O) groups is 1. The van der Waals surface area contributed by atoms with Crippen molar-refractivity contribution in [2.24, 2.45) is 5.92 Å². The van der Waals surface area contributed by atoms with E-state index in [1.165, 1.54) is 11.3 Å². The van der Waals surface area contributed by atoms with Crippen LogP contribution in [0.5, 0.6) is 0 Å². The maximum absolute atomic E-state index is 11.6. The van der Waals surface area contributed by atoms with E-state index in [0.717, 1.165) is 31.6 Å². The summed E-state index contributed by atoms with van der Waals surface area (Å²) in [6.07, 6.45) is 1.84. The summed E-state index contributed by atoms with van der Waals surface area (Å²) >= 11 is 0. The number of nitrogens with two attached hydrogens (primary N) is 1. The molecule has 0 aromatic heterocycles. The number of rotatable bonds is 2. The number of hydrogen-bond acceptors (Lipinski definition) is 3. The van der Waals surface area contributed by atoms with E-state index in [-0.39, 0.29) is 11.8 Å². The number of anilines is 2. The third-order valence-electron chi connectivity index (χ3n) is 3.67. The number of nitrogens with zero attached hydrogens (tertiary/aromatic N) is 1. The Morgan fingerprint density at radius 1 is 1.39 bits per heavy atom. The standard InChI is InChI=1S/C14H21N3O/c1-10-9-12(15)3-4-13(10)17-7-5-11(6-8-17)14(18)16-2/h3-4,9,11H,5-8,15H2,1-2H3,(H,16,18). The van der Waals surface area contributed by atoms with Crippen LogP contribution in [-0.4, -0.2) is 26.0 Å². The lowest BCUT2D eigenvalue weighted by atomic mass is 9.95. The van der Waals surface area contributed by atoms with Crippen LogP contribution in [0.2, 0.25) is 0 Å². The highest BCUT2D eigenvalue weighted by molar-refractivity contribution is 5.78. The third kappa shape index (κ3) is 2.58. The van der Waals surface area contributed by atoms with Crippen LogP contribution in [0.3, 0.4) is 0 Å². The van der Waals surface area contributed by atoms with Gasteiger partial charge in [-0.3, -0.25) is 4.79 Å². The fourth-order valence-electron chi connectivity index (χ4n) is 2.62. The number of nitrogen functional groups attached to an aromatic ring is 1. The van der Waals surface area contributed by atoms with Gasteiger partial charge in [0.1, 0.15) is 0 Å². The molecule has 98 valence electrons. The number of amides is 1. The molecular weight excluding hydrogens is 226 g/mol. The van der Waals surface area contributed by atoms with Crippen LogP contribution in [0.4, 0.5) is 11.4 Å². The van der Waals surface area contributed by atoms with E-state index in [2.05, 4.69) is 23.2 Å². The first-order valence-electron chi connectivity index (χ1n) is 6.44. The molecule has 1 aromatic rings. The normalized spacial score (nSPS) is 16.7. The predicted molar refractivity (Wildman–Crippen MR) is 74.6 cm³/mol. The minimum atomic E-state index is 0.167. The third-order valence-corrected chi connectivity index (χ3v) is 3.67. The molecule has 1 aliphatic rings. The summed E-state index contributed by atoms with van der Waals surface area (Å²) in [6, 6.07) is 6.01. The molecule has 0 unspecified atom stereocenters. The Kier molecular flexibility index (Phi) is 3.75. The Morgan fingerprint density at radius 3 is 2.61 bits per heavy atom. The molecule has 1 heterocycles. The minimum absolute atomic E-state index is 0.167. The van der Waals surface area contributed by atoms with Crippen LogP contribution in [-0.2, 0) is 4.79 Å². The molecule has 0 radical (unpaired) electrons. The summed E-state index contributed by atoms with van der Waals surface area (Å²) < 4.78 is 0. The molecule has 1 aliphatic heterocycles. The van der Waals surface area contributed by atoms with Gasteiger partial charge in [-0.05, 0) is 43.5 Å². The minimum Gasteiger partial charge on any atom is -0.399 e. The number of hydrogen-bond donors (Lipinski definition) is 2. The van der Waals surface area contributed by atoms with Crippen molar-refractivity contribution < 1.29 is 4.79 Å². The van der Waals surface area contributed by atoms with Gasteiger partial charge >= 0.3 is 0 Å². The first-order chi connectivity index (χ1) is 8.61. The molecule has 0 spiro atoms. The fraction of sp³-hybridized carbons (Fsp3) is 0.500. The summed E-state index contributed by atoms with van der Waals surface area (Å²) in [7, 11) is 1.71. The zero-order valence-electron chi connectivity index (χ0n) is 11.1. The van der Waals surface area contributed by atoms with Crippen molar-refractivity contribution in [3.05, 3.63) is 23.8 Å². The topological polar surface area (TPSA) is 58.4 Å². The number of benzene rings is 1. The van der Waals surface area contributed by atoms with Gasteiger partial charge in [0.25, 0.3) is 0 Å². The van der Waals surface area contributed by atoms with E-state index in [9.17, 15) is 4.79 Å². The molecule has 0 saturated carbocycles. The maximum atomic E-state index is 11.6. The van der Waals surface area contributed by atoms with Crippen molar-refractivity contribution in [3.8, 4) is 0 Å². The summed E-state index contributed by atoms with van der Waals surface area (Å²) in [5.41, 5.74) is 9.01. The molecule has 18 heavy (non-hydrogen) atoms. The van der Waals surface area contributed by atoms with E-state index < -0.39 is 0 Å². The Hall–Kier alpha value is -1.71. The second-order valence-electron chi connectivity index (χ2n) is 4.92. The van der Waals surface area contributed by atoms with Gasteiger partial charge in [-0.15, -0.1) is 0 Å². The first kappa shape index (κ1) is 12.7. The lowest BCUT2D eigenvalue weighted by Gasteiger charge is -2.33. The SMILES string of the molecule is CNC(=O)C1CCN(c2ccc(N)cc2C)CC1. The van der Waals surface area contributed by atoms with Crippen LogP contribution < -0.4 is 16.0 Å². The Balaban J connectivity index is 2.03. The van der Waals surface area contributed by atoms with Crippen LogP contribution in [0.15, 0.2) is 18.2 Å². The average molecular weight is 247 g/mol. The summed E-state index contributed by atoms with van der Waals surface area (Å²) in [4.78, 5) is 13.9. The van der Waals surface area contributed by atoms with Gasteiger partial charge in [-0.2, -0.15) is 0 Å². The Bertz CT molecular complexity index is 437. The van der Waals surface area contributed by atoms with E-state index in [4.69, 9.17) is 5.73 Å². The predicted octanol–water partition coefficient (Wildman–Crippen LogP) is 1.54. The number of aryl methyl sites for hydroxylation is 1. The quantitative estimate of drug-likeness (QED) is 0.779. The van der Waals surface area contributed by atoms with Gasteiger partial charge in [0.15, 0.2) is 0 Å². The lowest BCUT2D eigenvalue weighted by Crippen LogP contribution is -2.39. The van der Waals surface area contributed by atoms with E-state index >= 15 is 0 Å². The number of nitrogens with one attached hydrogen (secondary N) is 1. The number of carbonyl (C=O) groups excluding carboxylic acids is 1. The van der Waals surface area contributed by atoms with Crippen molar-refractivity contribution in [3.63, 3.8) is 0 Å². The van der Waals surface area contributed by atoms with Gasteiger partial charge in [0.2, 0.25) is 5.91 Å². The molecule has 1 aromatic carbocycles. The number of piperidine rings is 1. The second-order valence-corrected chi connectivity index (χ2v) is 4.92. The molecule has 3 N–H and O–H groups in total. The zero-order chi connectivity index (χ0) is 13.1. The van der Waals surface area contributed by atoms with Crippen molar-refractivity contribution >= 4 is 17.3 Å². The molecule has 4 heteroatoms. The van der Waals surface area contributed by atoms with E-state index in [1.807, 2.05) is 12.1 Å². The largest absolute Gasteiger partial charge is 0.399 e. The monoisotopic (exact) mass is 247 g/mol. The molecule has 2 rings (SSSR count). The van der Waals surface area contributed by atoms with E-state index in [0.29, 0.717) is 0 Å². The van der Waals surface area contributed by atoms with Crippen molar-refractivity contribution in [1.29, 1.82) is 0 Å². The van der Waals surface area contributed by atoms with Gasteiger partial charge in [0.05, 0.1) is 0 Å². The molecular formula is C14H21N3O.